The largest absolute Gasteiger partial charge is 0.294 e. The fraction of sp³-hybridized carbons (Fsp3) is 0.562. The maximum absolute atomic E-state index is 11.6. The summed E-state index contributed by atoms with van der Waals surface area (Å²) < 4.78 is 3.90. The van der Waals surface area contributed by atoms with Crippen LogP contribution in [0.3, 0.4) is 0 Å². The van der Waals surface area contributed by atoms with Crippen molar-refractivity contribution in [2.24, 2.45) is 0 Å². The Morgan fingerprint density at radius 3 is 2.90 bits per heavy atom. The smallest absolute Gasteiger partial charge is 0.165 e. The van der Waals surface area contributed by atoms with E-state index in [-0.39, 0.29) is 5.78 Å². The second-order valence-electron chi connectivity index (χ2n) is 5.78. The monoisotopic (exact) mass is 286 g/mol. The number of carbonyl (C=O) groups excluding carboxylic acids is 1. The number of carbonyl (C=O) groups is 1. The van der Waals surface area contributed by atoms with E-state index >= 15 is 0 Å². The summed E-state index contributed by atoms with van der Waals surface area (Å²) in [6.07, 6.45) is 12.5. The molecule has 0 unspecified atom stereocenters. The second-order valence-corrected chi connectivity index (χ2v) is 5.78. The van der Waals surface area contributed by atoms with Gasteiger partial charge in [-0.15, -0.1) is 0 Å². The predicted molar refractivity (Wildman–Crippen MR) is 80.3 cm³/mol. The van der Waals surface area contributed by atoms with Gasteiger partial charge in [0.05, 0.1) is 30.0 Å². The van der Waals surface area contributed by atoms with Crippen LogP contribution in [-0.4, -0.2) is 25.3 Å². The van der Waals surface area contributed by atoms with Crippen molar-refractivity contribution in [1.29, 1.82) is 0 Å². The van der Waals surface area contributed by atoms with Crippen LogP contribution in [0.25, 0.3) is 0 Å². The number of nitrogens with zero attached hydrogens (tertiary/aromatic N) is 4. The van der Waals surface area contributed by atoms with Crippen molar-refractivity contribution in [2.75, 3.05) is 0 Å². The quantitative estimate of drug-likeness (QED) is 0.793. The van der Waals surface area contributed by atoms with Crippen molar-refractivity contribution in [1.82, 2.24) is 19.6 Å². The van der Waals surface area contributed by atoms with Crippen molar-refractivity contribution in [3.8, 4) is 0 Å². The van der Waals surface area contributed by atoms with Gasteiger partial charge in [0, 0.05) is 18.8 Å². The van der Waals surface area contributed by atoms with Crippen LogP contribution in [0.15, 0.2) is 24.7 Å². The summed E-state index contributed by atoms with van der Waals surface area (Å²) in [7, 11) is 0. The zero-order valence-corrected chi connectivity index (χ0v) is 12.5. The lowest BCUT2D eigenvalue weighted by Crippen LogP contribution is -2.13. The molecule has 0 radical (unpaired) electrons. The van der Waals surface area contributed by atoms with Gasteiger partial charge in [-0.05, 0) is 18.9 Å². The Balaban J connectivity index is 1.66. The lowest BCUT2D eigenvalue weighted by Gasteiger charge is -2.21. The molecule has 0 aromatic carbocycles. The summed E-state index contributed by atoms with van der Waals surface area (Å²) >= 11 is 0. The summed E-state index contributed by atoms with van der Waals surface area (Å²) in [4.78, 5) is 11.6. The Morgan fingerprint density at radius 1 is 1.33 bits per heavy atom. The molecule has 0 N–H and O–H groups in total. The molecule has 3 rings (SSSR count). The van der Waals surface area contributed by atoms with Crippen LogP contribution in [0.2, 0.25) is 0 Å². The molecule has 0 bridgehead atoms. The molecule has 0 spiro atoms. The van der Waals surface area contributed by atoms with E-state index in [2.05, 4.69) is 27.1 Å². The molecule has 0 aliphatic heterocycles. The van der Waals surface area contributed by atoms with E-state index in [1.807, 2.05) is 13.1 Å². The zero-order valence-electron chi connectivity index (χ0n) is 12.5. The van der Waals surface area contributed by atoms with E-state index < -0.39 is 0 Å². The molecule has 0 saturated heterocycles. The summed E-state index contributed by atoms with van der Waals surface area (Å²) in [5, 5.41) is 8.92. The lowest BCUT2D eigenvalue weighted by atomic mass is 9.96. The molecule has 0 amide bonds. The van der Waals surface area contributed by atoms with Crippen molar-refractivity contribution in [3.05, 3.63) is 35.9 Å². The maximum atomic E-state index is 11.6. The minimum absolute atomic E-state index is 0.133. The summed E-state index contributed by atoms with van der Waals surface area (Å²) in [5.74, 6) is 0.133. The minimum Gasteiger partial charge on any atom is -0.294 e. The van der Waals surface area contributed by atoms with Gasteiger partial charge in [0.1, 0.15) is 0 Å². The second kappa shape index (κ2) is 6.24. The predicted octanol–water partition coefficient (Wildman–Crippen LogP) is 3.23. The van der Waals surface area contributed by atoms with Crippen LogP contribution in [0, 0.1) is 0 Å². The van der Waals surface area contributed by atoms with Crippen LogP contribution in [0.4, 0.5) is 0 Å². The number of rotatable bonds is 5. The van der Waals surface area contributed by atoms with Crippen LogP contribution in [0.1, 0.15) is 67.5 Å². The molecule has 2 heterocycles. The molecular weight excluding hydrogens is 264 g/mol. The standard InChI is InChI=1S/C16H22N4O/c1-2-16(21)13-10-17-19(11-13)12-14-8-9-20(18-14)15-6-4-3-5-7-15/h8-11,15H,2-7,12H2,1H3. The van der Waals surface area contributed by atoms with Gasteiger partial charge >= 0.3 is 0 Å². The number of hydrogen-bond donors (Lipinski definition) is 0. The van der Waals surface area contributed by atoms with Crippen LogP contribution in [-0.2, 0) is 6.54 Å². The Kier molecular flexibility index (Phi) is 4.18. The van der Waals surface area contributed by atoms with Gasteiger partial charge in [0.15, 0.2) is 5.78 Å². The van der Waals surface area contributed by atoms with Gasteiger partial charge in [0.25, 0.3) is 0 Å². The molecule has 1 aliphatic rings. The Morgan fingerprint density at radius 2 is 2.14 bits per heavy atom. The van der Waals surface area contributed by atoms with Gasteiger partial charge in [-0.3, -0.25) is 14.2 Å². The number of ketones is 1. The third kappa shape index (κ3) is 3.23. The van der Waals surface area contributed by atoms with Gasteiger partial charge in [-0.25, -0.2) is 0 Å². The molecule has 1 saturated carbocycles. The minimum atomic E-state index is 0.133. The molecule has 1 aliphatic carbocycles. The van der Waals surface area contributed by atoms with Crippen molar-refractivity contribution in [3.63, 3.8) is 0 Å². The molecule has 1 fully saturated rings. The third-order valence-corrected chi connectivity index (χ3v) is 4.21. The first-order valence-electron chi connectivity index (χ1n) is 7.86. The fourth-order valence-corrected chi connectivity index (χ4v) is 2.97. The molecular formula is C16H22N4O. The third-order valence-electron chi connectivity index (χ3n) is 4.21. The Hall–Kier alpha value is -1.91. The van der Waals surface area contributed by atoms with Crippen LogP contribution < -0.4 is 0 Å². The first-order chi connectivity index (χ1) is 10.3. The van der Waals surface area contributed by atoms with Crippen LogP contribution >= 0.6 is 0 Å². The topological polar surface area (TPSA) is 52.7 Å². The normalized spacial score (nSPS) is 16.2. The lowest BCUT2D eigenvalue weighted by molar-refractivity contribution is 0.0988. The first kappa shape index (κ1) is 14.0. The highest BCUT2D eigenvalue weighted by Crippen LogP contribution is 2.27. The summed E-state index contributed by atoms with van der Waals surface area (Å²) in [6, 6.07) is 2.61. The molecule has 5 heteroatoms. The van der Waals surface area contributed by atoms with Crippen molar-refractivity contribution >= 4 is 5.78 Å². The molecule has 2 aromatic rings. The van der Waals surface area contributed by atoms with Gasteiger partial charge < -0.3 is 0 Å². The van der Waals surface area contributed by atoms with Crippen molar-refractivity contribution in [2.45, 2.75) is 58.0 Å². The highest BCUT2D eigenvalue weighted by molar-refractivity contribution is 5.95. The summed E-state index contributed by atoms with van der Waals surface area (Å²) in [5.41, 5.74) is 1.68. The van der Waals surface area contributed by atoms with Crippen LogP contribution in [0.5, 0.6) is 0 Å². The van der Waals surface area contributed by atoms with E-state index in [1.54, 1.807) is 10.9 Å². The average Bonchev–Trinajstić information content (AvgIpc) is 3.17. The highest BCUT2D eigenvalue weighted by atomic mass is 16.1. The average molecular weight is 286 g/mol. The first-order valence-corrected chi connectivity index (χ1v) is 7.86. The van der Waals surface area contributed by atoms with Crippen molar-refractivity contribution < 1.29 is 4.79 Å². The van der Waals surface area contributed by atoms with Gasteiger partial charge in [-0.2, -0.15) is 10.2 Å². The van der Waals surface area contributed by atoms with E-state index in [1.165, 1.54) is 32.1 Å². The molecule has 5 nitrogen and oxygen atoms in total. The number of aromatic nitrogens is 4. The van der Waals surface area contributed by atoms with E-state index in [0.717, 1.165) is 5.69 Å². The SMILES string of the molecule is CCC(=O)c1cnn(Cc2ccn(C3CCCCC3)n2)c1. The van der Waals surface area contributed by atoms with E-state index in [4.69, 9.17) is 0 Å². The van der Waals surface area contributed by atoms with Gasteiger partial charge in [0.2, 0.25) is 0 Å². The van der Waals surface area contributed by atoms with E-state index in [0.29, 0.717) is 24.6 Å². The molecule has 21 heavy (non-hydrogen) atoms. The van der Waals surface area contributed by atoms with Gasteiger partial charge in [-0.1, -0.05) is 26.2 Å². The number of hydrogen-bond acceptors (Lipinski definition) is 3. The molecule has 112 valence electrons. The maximum Gasteiger partial charge on any atom is 0.165 e. The van der Waals surface area contributed by atoms with E-state index in [9.17, 15) is 4.79 Å². The molecule has 0 atom stereocenters. The highest BCUT2D eigenvalue weighted by Gasteiger charge is 2.16. The Bertz CT molecular complexity index is 607. The zero-order chi connectivity index (χ0) is 14.7. The Labute approximate surface area is 125 Å². The fourth-order valence-electron chi connectivity index (χ4n) is 2.97. The summed E-state index contributed by atoms with van der Waals surface area (Å²) in [6.45, 7) is 2.49. The molecule has 2 aromatic heterocycles. The number of Topliss-reactive ketones (excluding diaryl/α,β-unsaturated/α-hetero) is 1.